The fourth-order valence-electron chi connectivity index (χ4n) is 2.60. The lowest BCUT2D eigenvalue weighted by Crippen LogP contribution is -2.51. The second kappa shape index (κ2) is 13.3. The van der Waals surface area contributed by atoms with Crippen molar-refractivity contribution in [2.45, 2.75) is 25.6 Å². The summed E-state index contributed by atoms with van der Waals surface area (Å²) < 4.78 is 10.8. The molecule has 0 aliphatic carbocycles. The van der Waals surface area contributed by atoms with E-state index in [-0.39, 0.29) is 12.2 Å². The number of carbonyl (C=O) groups is 2. The number of furan rings is 1. The Morgan fingerprint density at radius 3 is 2.53 bits per heavy atom. The van der Waals surface area contributed by atoms with Gasteiger partial charge in [0.15, 0.2) is 5.76 Å². The number of amides is 2. The molecule has 0 bridgehead atoms. The normalized spacial score (nSPS) is 12.4. The summed E-state index contributed by atoms with van der Waals surface area (Å²) >= 11 is 0. The molecule has 0 aliphatic rings. The van der Waals surface area contributed by atoms with Crippen LogP contribution in [-0.2, 0) is 16.1 Å². The minimum absolute atomic E-state index is 0.00292. The SMILES string of the molecule is C[C@@H](O)[C@H](NC(=O)c1ccc(C#Cc2ccc(CNCCOCCO)o2)cc1)C(=O)NO. The van der Waals surface area contributed by atoms with Crippen molar-refractivity contribution >= 4 is 11.8 Å². The standard InChI is InChI=1S/C22H27N3O7/c1-15(27)20(22(29)25-30)24-21(28)17-5-2-16(3-6-17)4-7-18-8-9-19(32-18)14-23-10-12-31-13-11-26/h2-3,5-6,8-9,15,20,23,26-27,30H,10-14H2,1H3,(H,24,28)(H,25,29)/t15-,20+/m1/s1. The predicted octanol–water partition coefficient (Wildman–Crippen LogP) is -0.237. The van der Waals surface area contributed by atoms with Crippen molar-refractivity contribution in [2.24, 2.45) is 0 Å². The van der Waals surface area contributed by atoms with Crippen molar-refractivity contribution in [3.05, 3.63) is 59.0 Å². The predicted molar refractivity (Wildman–Crippen MR) is 114 cm³/mol. The molecule has 32 heavy (non-hydrogen) atoms. The molecule has 2 atom stereocenters. The number of nitrogens with one attached hydrogen (secondary N) is 3. The number of hydrogen-bond acceptors (Lipinski definition) is 8. The summed E-state index contributed by atoms with van der Waals surface area (Å²) in [4.78, 5) is 23.8. The van der Waals surface area contributed by atoms with Crippen LogP contribution >= 0.6 is 0 Å². The monoisotopic (exact) mass is 445 g/mol. The molecule has 10 nitrogen and oxygen atoms in total. The fraction of sp³-hybridized carbons (Fsp3) is 0.364. The van der Waals surface area contributed by atoms with E-state index in [2.05, 4.69) is 22.5 Å². The van der Waals surface area contributed by atoms with Gasteiger partial charge in [-0.05, 0) is 49.2 Å². The molecule has 2 amide bonds. The molecular weight excluding hydrogens is 418 g/mol. The lowest BCUT2D eigenvalue weighted by Gasteiger charge is -2.19. The molecule has 10 heteroatoms. The van der Waals surface area contributed by atoms with E-state index in [1.807, 2.05) is 6.07 Å². The number of ether oxygens (including phenoxy) is 1. The van der Waals surface area contributed by atoms with Gasteiger partial charge in [0.25, 0.3) is 11.8 Å². The van der Waals surface area contributed by atoms with Crippen LogP contribution in [-0.4, -0.2) is 65.7 Å². The van der Waals surface area contributed by atoms with Gasteiger partial charge in [0, 0.05) is 17.7 Å². The smallest absolute Gasteiger partial charge is 0.268 e. The van der Waals surface area contributed by atoms with Gasteiger partial charge in [0.1, 0.15) is 11.8 Å². The molecule has 0 fully saturated rings. The molecule has 0 spiro atoms. The number of benzene rings is 1. The highest BCUT2D eigenvalue weighted by Gasteiger charge is 2.25. The molecular formula is C22H27N3O7. The van der Waals surface area contributed by atoms with E-state index in [0.717, 1.165) is 5.76 Å². The topological polar surface area (TPSA) is 153 Å². The van der Waals surface area contributed by atoms with E-state index >= 15 is 0 Å². The van der Waals surface area contributed by atoms with Crippen LogP contribution in [0.4, 0.5) is 0 Å². The molecule has 0 saturated carbocycles. The molecule has 0 saturated heterocycles. The average molecular weight is 445 g/mol. The van der Waals surface area contributed by atoms with Crippen LogP contribution in [0.5, 0.6) is 0 Å². The summed E-state index contributed by atoms with van der Waals surface area (Å²) in [6.45, 7) is 3.29. The van der Waals surface area contributed by atoms with Gasteiger partial charge in [-0.15, -0.1) is 0 Å². The molecule has 6 N–H and O–H groups in total. The number of aliphatic hydroxyl groups excluding tert-OH is 2. The third kappa shape index (κ3) is 8.14. The Bertz CT molecular complexity index is 929. The Balaban J connectivity index is 1.89. The summed E-state index contributed by atoms with van der Waals surface area (Å²) in [7, 11) is 0. The Labute approximate surface area is 185 Å². The first-order chi connectivity index (χ1) is 15.4. The molecule has 2 aromatic rings. The van der Waals surface area contributed by atoms with Gasteiger partial charge in [-0.2, -0.15) is 0 Å². The molecule has 2 rings (SSSR count). The molecule has 0 aliphatic heterocycles. The Morgan fingerprint density at radius 1 is 1.12 bits per heavy atom. The first-order valence-corrected chi connectivity index (χ1v) is 9.97. The quantitative estimate of drug-likeness (QED) is 0.120. The summed E-state index contributed by atoms with van der Waals surface area (Å²) in [5.41, 5.74) is 2.33. The number of hydrogen-bond donors (Lipinski definition) is 6. The minimum Gasteiger partial charge on any atom is -0.451 e. The van der Waals surface area contributed by atoms with Gasteiger partial charge in [-0.3, -0.25) is 14.8 Å². The number of carbonyl (C=O) groups excluding carboxylic acids is 2. The highest BCUT2D eigenvalue weighted by molar-refractivity contribution is 5.97. The second-order valence-corrected chi connectivity index (χ2v) is 6.77. The maximum atomic E-state index is 12.3. The van der Waals surface area contributed by atoms with E-state index in [1.165, 1.54) is 24.5 Å². The molecule has 172 valence electrons. The second-order valence-electron chi connectivity index (χ2n) is 6.77. The van der Waals surface area contributed by atoms with Crippen LogP contribution < -0.4 is 16.1 Å². The van der Waals surface area contributed by atoms with Crippen LogP contribution in [0.2, 0.25) is 0 Å². The third-order valence-electron chi connectivity index (χ3n) is 4.26. The van der Waals surface area contributed by atoms with Gasteiger partial charge in [0.05, 0.1) is 32.5 Å². The maximum Gasteiger partial charge on any atom is 0.268 e. The Kier molecular flexibility index (Phi) is 10.4. The first-order valence-electron chi connectivity index (χ1n) is 9.97. The zero-order chi connectivity index (χ0) is 23.3. The lowest BCUT2D eigenvalue weighted by molar-refractivity contribution is -0.133. The van der Waals surface area contributed by atoms with Crippen LogP contribution in [0.25, 0.3) is 0 Å². The number of hydroxylamine groups is 1. The molecule has 1 heterocycles. The van der Waals surface area contributed by atoms with E-state index in [0.29, 0.717) is 37.6 Å². The van der Waals surface area contributed by atoms with Crippen molar-refractivity contribution in [3.8, 4) is 11.8 Å². The van der Waals surface area contributed by atoms with Crippen LogP contribution in [0.15, 0.2) is 40.8 Å². The lowest BCUT2D eigenvalue weighted by atomic mass is 10.1. The molecule has 0 radical (unpaired) electrons. The van der Waals surface area contributed by atoms with E-state index in [4.69, 9.17) is 19.5 Å². The number of aliphatic hydroxyl groups is 2. The first kappa shape index (κ1) is 25.1. The van der Waals surface area contributed by atoms with Gasteiger partial charge < -0.3 is 30.0 Å². The van der Waals surface area contributed by atoms with E-state index in [9.17, 15) is 14.7 Å². The van der Waals surface area contributed by atoms with E-state index < -0.39 is 24.0 Å². The van der Waals surface area contributed by atoms with Crippen molar-refractivity contribution in [1.82, 2.24) is 16.1 Å². The van der Waals surface area contributed by atoms with Gasteiger partial charge >= 0.3 is 0 Å². The highest BCUT2D eigenvalue weighted by Crippen LogP contribution is 2.08. The third-order valence-corrected chi connectivity index (χ3v) is 4.26. The number of rotatable bonds is 11. The van der Waals surface area contributed by atoms with Crippen LogP contribution in [0.3, 0.4) is 0 Å². The van der Waals surface area contributed by atoms with Gasteiger partial charge in [0.2, 0.25) is 0 Å². The van der Waals surface area contributed by atoms with Crippen LogP contribution in [0, 0.1) is 11.8 Å². The summed E-state index contributed by atoms with van der Waals surface area (Å²) in [5.74, 6) is 5.57. The average Bonchev–Trinajstić information content (AvgIpc) is 3.25. The molecule has 1 aromatic heterocycles. The highest BCUT2D eigenvalue weighted by atomic mass is 16.5. The molecule has 0 unspecified atom stereocenters. The Hall–Kier alpha value is -3.20. The summed E-state index contributed by atoms with van der Waals surface area (Å²) in [6.07, 6.45) is -1.19. The van der Waals surface area contributed by atoms with E-state index in [1.54, 1.807) is 18.2 Å². The van der Waals surface area contributed by atoms with Crippen molar-refractivity contribution < 1.29 is 34.2 Å². The van der Waals surface area contributed by atoms with Crippen molar-refractivity contribution in [3.63, 3.8) is 0 Å². The van der Waals surface area contributed by atoms with Gasteiger partial charge in [-0.1, -0.05) is 5.92 Å². The summed E-state index contributed by atoms with van der Waals surface area (Å²) in [5, 5.41) is 32.4. The van der Waals surface area contributed by atoms with Crippen LogP contribution in [0.1, 0.15) is 34.4 Å². The van der Waals surface area contributed by atoms with Crippen molar-refractivity contribution in [1.29, 1.82) is 0 Å². The maximum absolute atomic E-state index is 12.3. The Morgan fingerprint density at radius 2 is 1.88 bits per heavy atom. The largest absolute Gasteiger partial charge is 0.451 e. The summed E-state index contributed by atoms with van der Waals surface area (Å²) in [6, 6.07) is 8.64. The molecule has 1 aromatic carbocycles. The minimum atomic E-state index is -1.29. The fourth-order valence-corrected chi connectivity index (χ4v) is 2.60. The zero-order valence-electron chi connectivity index (χ0n) is 17.6. The zero-order valence-corrected chi connectivity index (χ0v) is 17.6. The van der Waals surface area contributed by atoms with Crippen molar-refractivity contribution in [2.75, 3.05) is 26.4 Å². The van der Waals surface area contributed by atoms with Gasteiger partial charge in [-0.25, -0.2) is 5.48 Å².